The van der Waals surface area contributed by atoms with Gasteiger partial charge < -0.3 is 9.84 Å². The fourth-order valence-electron chi connectivity index (χ4n) is 2.57. The monoisotopic (exact) mass is 305 g/mol. The van der Waals surface area contributed by atoms with Gasteiger partial charge in [-0.1, -0.05) is 43.9 Å². The van der Waals surface area contributed by atoms with Crippen LogP contribution in [0.1, 0.15) is 45.1 Å². The number of nitrogens with zero attached hydrogens (tertiary/aromatic N) is 3. The SMILES string of the molecule is CCCC(CCC)COc1cccc(C[C@@H](O)CN=[N+]=[N-])c1. The first-order valence-electron chi connectivity index (χ1n) is 8.10. The minimum absolute atomic E-state index is 0.0939. The Labute approximate surface area is 132 Å². The highest BCUT2D eigenvalue weighted by Gasteiger charge is 2.09. The molecular weight excluding hydrogens is 278 g/mol. The number of ether oxygens (including phenoxy) is 1. The highest BCUT2D eigenvalue weighted by atomic mass is 16.5. The Morgan fingerprint density at radius 2 is 2.00 bits per heavy atom. The third kappa shape index (κ3) is 7.34. The van der Waals surface area contributed by atoms with Gasteiger partial charge in [0.25, 0.3) is 0 Å². The van der Waals surface area contributed by atoms with Crippen LogP contribution in [-0.4, -0.2) is 24.4 Å². The van der Waals surface area contributed by atoms with Gasteiger partial charge in [0.15, 0.2) is 0 Å². The predicted octanol–water partition coefficient (Wildman–Crippen LogP) is 4.50. The van der Waals surface area contributed by atoms with Crippen molar-refractivity contribution in [3.8, 4) is 5.75 Å². The van der Waals surface area contributed by atoms with Crippen LogP contribution in [0, 0.1) is 5.92 Å². The molecule has 0 fully saturated rings. The molecule has 1 atom stereocenters. The maximum Gasteiger partial charge on any atom is 0.119 e. The molecule has 0 amide bonds. The molecule has 1 N–H and O–H groups in total. The maximum atomic E-state index is 9.78. The van der Waals surface area contributed by atoms with E-state index in [4.69, 9.17) is 10.3 Å². The van der Waals surface area contributed by atoms with Crippen molar-refractivity contribution in [3.63, 3.8) is 0 Å². The van der Waals surface area contributed by atoms with Crippen LogP contribution >= 0.6 is 0 Å². The Bertz CT molecular complexity index is 467. The lowest BCUT2D eigenvalue weighted by Gasteiger charge is -2.17. The largest absolute Gasteiger partial charge is 0.493 e. The van der Waals surface area contributed by atoms with Crippen LogP contribution in [0.3, 0.4) is 0 Å². The molecule has 5 nitrogen and oxygen atoms in total. The summed E-state index contributed by atoms with van der Waals surface area (Å²) < 4.78 is 5.91. The molecule has 1 aromatic rings. The van der Waals surface area contributed by atoms with Gasteiger partial charge in [-0.2, -0.15) is 0 Å². The highest BCUT2D eigenvalue weighted by molar-refractivity contribution is 5.29. The first kappa shape index (κ1) is 18.3. The van der Waals surface area contributed by atoms with E-state index in [2.05, 4.69) is 23.9 Å². The molecule has 0 aliphatic heterocycles. The Balaban J connectivity index is 2.54. The van der Waals surface area contributed by atoms with Crippen LogP contribution in [0.5, 0.6) is 5.75 Å². The Morgan fingerprint density at radius 1 is 1.27 bits per heavy atom. The molecule has 0 heterocycles. The summed E-state index contributed by atoms with van der Waals surface area (Å²) in [6.07, 6.45) is 4.55. The number of hydrogen-bond donors (Lipinski definition) is 1. The summed E-state index contributed by atoms with van der Waals surface area (Å²) in [6, 6.07) is 7.77. The summed E-state index contributed by atoms with van der Waals surface area (Å²) in [7, 11) is 0. The van der Waals surface area contributed by atoms with Crippen molar-refractivity contribution in [2.45, 2.75) is 52.1 Å². The lowest BCUT2D eigenvalue weighted by molar-refractivity contribution is 0.183. The number of rotatable bonds is 11. The number of hydrogen-bond acceptors (Lipinski definition) is 3. The zero-order chi connectivity index (χ0) is 16.2. The number of aliphatic hydroxyl groups excluding tert-OH is 1. The highest BCUT2D eigenvalue weighted by Crippen LogP contribution is 2.19. The minimum atomic E-state index is -0.654. The standard InChI is InChI=1S/C17H27N3O2/c1-3-6-14(7-4-2)13-22-17-9-5-8-15(11-17)10-16(21)12-19-20-18/h5,8-9,11,14,16,21H,3-4,6-7,10,12-13H2,1-2H3/t16-/m1/s1. The summed E-state index contributed by atoms with van der Waals surface area (Å²) in [6.45, 7) is 5.24. The minimum Gasteiger partial charge on any atom is -0.493 e. The average molecular weight is 305 g/mol. The molecule has 122 valence electrons. The summed E-state index contributed by atoms with van der Waals surface area (Å²) in [4.78, 5) is 2.66. The molecule has 1 aromatic carbocycles. The molecule has 0 bridgehead atoms. The summed E-state index contributed by atoms with van der Waals surface area (Å²) in [5, 5.41) is 13.2. The van der Waals surface area contributed by atoms with Gasteiger partial charge in [0.1, 0.15) is 5.75 Å². The van der Waals surface area contributed by atoms with Crippen molar-refractivity contribution in [1.82, 2.24) is 0 Å². The summed E-state index contributed by atoms with van der Waals surface area (Å²) >= 11 is 0. The third-order valence-corrected chi connectivity index (χ3v) is 3.60. The lowest BCUT2D eigenvalue weighted by atomic mass is 9.99. The van der Waals surface area contributed by atoms with Gasteiger partial charge in [0.2, 0.25) is 0 Å². The molecule has 0 radical (unpaired) electrons. The molecule has 22 heavy (non-hydrogen) atoms. The second kappa shape index (κ2) is 10.9. The summed E-state index contributed by atoms with van der Waals surface area (Å²) in [5.41, 5.74) is 9.25. The van der Waals surface area contributed by atoms with Crippen molar-refractivity contribution < 1.29 is 9.84 Å². The summed E-state index contributed by atoms with van der Waals surface area (Å²) in [5.74, 6) is 1.44. The number of benzene rings is 1. The van der Waals surface area contributed by atoms with Crippen LogP contribution in [0.25, 0.3) is 10.4 Å². The van der Waals surface area contributed by atoms with Gasteiger partial charge in [-0.05, 0) is 48.4 Å². The van der Waals surface area contributed by atoms with Gasteiger partial charge in [0, 0.05) is 4.91 Å². The predicted molar refractivity (Wildman–Crippen MR) is 89.0 cm³/mol. The van der Waals surface area contributed by atoms with Gasteiger partial charge >= 0.3 is 0 Å². The van der Waals surface area contributed by atoms with Crippen molar-refractivity contribution >= 4 is 0 Å². The molecule has 0 aliphatic rings. The smallest absolute Gasteiger partial charge is 0.119 e. The fourth-order valence-corrected chi connectivity index (χ4v) is 2.57. The average Bonchev–Trinajstić information content (AvgIpc) is 2.51. The number of azide groups is 1. The topological polar surface area (TPSA) is 78.2 Å². The Hall–Kier alpha value is -1.71. The van der Waals surface area contributed by atoms with E-state index >= 15 is 0 Å². The van der Waals surface area contributed by atoms with Crippen molar-refractivity contribution in [2.75, 3.05) is 13.2 Å². The first-order valence-corrected chi connectivity index (χ1v) is 8.10. The number of aliphatic hydroxyl groups is 1. The van der Waals surface area contributed by atoms with E-state index in [1.807, 2.05) is 24.3 Å². The molecule has 0 spiro atoms. The molecule has 0 aliphatic carbocycles. The second-order valence-electron chi connectivity index (χ2n) is 5.67. The van der Waals surface area contributed by atoms with Crippen molar-refractivity contribution in [2.24, 2.45) is 11.0 Å². The molecule has 0 unspecified atom stereocenters. The van der Waals surface area contributed by atoms with Crippen LogP contribution in [0.4, 0.5) is 0 Å². The van der Waals surface area contributed by atoms with E-state index in [1.165, 1.54) is 25.7 Å². The lowest BCUT2D eigenvalue weighted by Crippen LogP contribution is -2.14. The van der Waals surface area contributed by atoms with Crippen LogP contribution in [-0.2, 0) is 6.42 Å². The fraction of sp³-hybridized carbons (Fsp3) is 0.647. The van der Waals surface area contributed by atoms with Crippen molar-refractivity contribution in [3.05, 3.63) is 40.3 Å². The molecule has 5 heteroatoms. The Kier molecular flexibility index (Phi) is 9.12. The van der Waals surface area contributed by atoms with E-state index in [0.717, 1.165) is 17.9 Å². The normalized spacial score (nSPS) is 12.0. The quantitative estimate of drug-likeness (QED) is 0.371. The first-order chi connectivity index (χ1) is 10.7. The van der Waals surface area contributed by atoms with Gasteiger partial charge in [-0.25, -0.2) is 0 Å². The van der Waals surface area contributed by atoms with E-state index in [0.29, 0.717) is 12.3 Å². The van der Waals surface area contributed by atoms with E-state index in [9.17, 15) is 5.11 Å². The zero-order valence-electron chi connectivity index (χ0n) is 13.6. The molecule has 0 aromatic heterocycles. The zero-order valence-corrected chi connectivity index (χ0v) is 13.6. The van der Waals surface area contributed by atoms with Crippen LogP contribution in [0.15, 0.2) is 29.4 Å². The second-order valence-corrected chi connectivity index (χ2v) is 5.67. The van der Waals surface area contributed by atoms with E-state index in [1.54, 1.807) is 0 Å². The maximum absolute atomic E-state index is 9.78. The van der Waals surface area contributed by atoms with Crippen LogP contribution in [0.2, 0.25) is 0 Å². The van der Waals surface area contributed by atoms with Gasteiger partial charge in [-0.15, -0.1) is 0 Å². The van der Waals surface area contributed by atoms with E-state index < -0.39 is 6.10 Å². The van der Waals surface area contributed by atoms with Crippen LogP contribution < -0.4 is 4.74 Å². The third-order valence-electron chi connectivity index (χ3n) is 3.60. The van der Waals surface area contributed by atoms with Gasteiger partial charge in [-0.3, -0.25) is 0 Å². The Morgan fingerprint density at radius 3 is 2.64 bits per heavy atom. The molecule has 1 rings (SSSR count). The molecule has 0 saturated carbocycles. The molecular formula is C17H27N3O2. The van der Waals surface area contributed by atoms with E-state index in [-0.39, 0.29) is 6.54 Å². The van der Waals surface area contributed by atoms with Crippen molar-refractivity contribution in [1.29, 1.82) is 0 Å². The molecule has 0 saturated heterocycles. The van der Waals surface area contributed by atoms with Gasteiger partial charge in [0.05, 0.1) is 19.3 Å².